The van der Waals surface area contributed by atoms with E-state index in [9.17, 15) is 8.78 Å². The van der Waals surface area contributed by atoms with Gasteiger partial charge in [-0.15, -0.1) is 0 Å². The maximum absolute atomic E-state index is 13.7. The Kier molecular flexibility index (Phi) is 4.57. The molecule has 2 aromatic carbocycles. The van der Waals surface area contributed by atoms with Crippen LogP contribution in [0.4, 0.5) is 8.78 Å². The molecule has 5 heteroatoms. The third-order valence-corrected chi connectivity index (χ3v) is 3.18. The van der Waals surface area contributed by atoms with E-state index in [1.54, 1.807) is 31.2 Å². The van der Waals surface area contributed by atoms with Crippen LogP contribution in [0, 0.1) is 11.6 Å². The van der Waals surface area contributed by atoms with Gasteiger partial charge < -0.3 is 10.5 Å². The molecule has 0 aliphatic rings. The zero-order valence-electron chi connectivity index (χ0n) is 10.8. The van der Waals surface area contributed by atoms with Gasteiger partial charge in [0.1, 0.15) is 11.9 Å². The Morgan fingerprint density at radius 3 is 2.45 bits per heavy atom. The van der Waals surface area contributed by atoms with Crippen molar-refractivity contribution >= 4 is 11.6 Å². The van der Waals surface area contributed by atoms with E-state index in [2.05, 4.69) is 0 Å². The average molecular weight is 298 g/mol. The summed E-state index contributed by atoms with van der Waals surface area (Å²) in [7, 11) is 0. The van der Waals surface area contributed by atoms with Crippen molar-refractivity contribution in [2.45, 2.75) is 19.1 Å². The normalized spacial score (nSPS) is 13.8. The molecule has 0 fully saturated rings. The van der Waals surface area contributed by atoms with E-state index in [0.717, 1.165) is 12.1 Å². The number of ether oxygens (including phenoxy) is 1. The number of hydrogen-bond donors (Lipinski definition) is 1. The van der Waals surface area contributed by atoms with Gasteiger partial charge in [0.15, 0.2) is 11.6 Å². The molecule has 0 aliphatic carbocycles. The average Bonchev–Trinajstić information content (AvgIpc) is 2.39. The predicted molar refractivity (Wildman–Crippen MR) is 74.8 cm³/mol. The fraction of sp³-hybridized carbons (Fsp3) is 0.200. The molecule has 20 heavy (non-hydrogen) atoms. The van der Waals surface area contributed by atoms with E-state index in [4.69, 9.17) is 22.1 Å². The first kappa shape index (κ1) is 14.8. The Hall–Kier alpha value is -1.65. The van der Waals surface area contributed by atoms with Crippen molar-refractivity contribution in [3.05, 3.63) is 64.7 Å². The topological polar surface area (TPSA) is 35.2 Å². The van der Waals surface area contributed by atoms with Crippen molar-refractivity contribution in [3.63, 3.8) is 0 Å². The second-order valence-corrected chi connectivity index (χ2v) is 4.90. The van der Waals surface area contributed by atoms with E-state index in [0.29, 0.717) is 10.6 Å². The van der Waals surface area contributed by atoms with Crippen molar-refractivity contribution < 1.29 is 13.5 Å². The summed E-state index contributed by atoms with van der Waals surface area (Å²) in [6, 6.07) is 9.75. The molecule has 0 saturated carbocycles. The third kappa shape index (κ3) is 3.26. The van der Waals surface area contributed by atoms with Crippen molar-refractivity contribution in [2.75, 3.05) is 0 Å². The molecule has 2 atom stereocenters. The summed E-state index contributed by atoms with van der Waals surface area (Å²) in [6.45, 7) is 1.73. The lowest BCUT2D eigenvalue weighted by Crippen LogP contribution is -2.29. The van der Waals surface area contributed by atoms with Crippen LogP contribution in [0.3, 0.4) is 0 Å². The van der Waals surface area contributed by atoms with Crippen LogP contribution < -0.4 is 10.5 Å². The molecule has 2 aromatic rings. The van der Waals surface area contributed by atoms with Gasteiger partial charge in [-0.25, -0.2) is 8.78 Å². The SMILES string of the molecule is CC(N)C(Oc1ccc(F)cc1F)c1ccccc1Cl. The lowest BCUT2D eigenvalue weighted by Gasteiger charge is -2.24. The molecular weight excluding hydrogens is 284 g/mol. The van der Waals surface area contributed by atoms with Gasteiger partial charge in [0.2, 0.25) is 0 Å². The first-order valence-electron chi connectivity index (χ1n) is 6.10. The van der Waals surface area contributed by atoms with Crippen LogP contribution in [0.1, 0.15) is 18.6 Å². The van der Waals surface area contributed by atoms with E-state index in [1.165, 1.54) is 6.07 Å². The molecule has 0 saturated heterocycles. The molecule has 0 amide bonds. The lowest BCUT2D eigenvalue weighted by molar-refractivity contribution is 0.172. The highest BCUT2D eigenvalue weighted by Crippen LogP contribution is 2.30. The molecule has 2 rings (SSSR count). The minimum Gasteiger partial charge on any atom is -0.481 e. The molecule has 0 spiro atoms. The first-order chi connectivity index (χ1) is 9.49. The number of halogens is 3. The molecule has 0 radical (unpaired) electrons. The highest BCUT2D eigenvalue weighted by molar-refractivity contribution is 6.31. The second kappa shape index (κ2) is 6.20. The van der Waals surface area contributed by atoms with Gasteiger partial charge in [-0.2, -0.15) is 0 Å². The predicted octanol–water partition coefficient (Wildman–Crippen LogP) is 4.09. The van der Waals surface area contributed by atoms with Crippen LogP contribution in [-0.2, 0) is 0 Å². The van der Waals surface area contributed by atoms with Gasteiger partial charge in [-0.05, 0) is 25.1 Å². The van der Waals surface area contributed by atoms with Crippen LogP contribution in [0.15, 0.2) is 42.5 Å². The van der Waals surface area contributed by atoms with Crippen LogP contribution in [0.25, 0.3) is 0 Å². The maximum atomic E-state index is 13.7. The maximum Gasteiger partial charge on any atom is 0.168 e. The first-order valence-corrected chi connectivity index (χ1v) is 6.48. The largest absolute Gasteiger partial charge is 0.481 e. The minimum atomic E-state index is -0.775. The van der Waals surface area contributed by atoms with Crippen molar-refractivity contribution in [3.8, 4) is 5.75 Å². The fourth-order valence-corrected chi connectivity index (χ4v) is 2.11. The highest BCUT2D eigenvalue weighted by atomic mass is 35.5. The number of rotatable bonds is 4. The summed E-state index contributed by atoms with van der Waals surface area (Å²) in [5.74, 6) is -1.50. The van der Waals surface area contributed by atoms with Gasteiger partial charge in [0.05, 0.1) is 0 Å². The standard InChI is InChI=1S/C15H14ClF2NO/c1-9(19)15(11-4-2-3-5-12(11)16)20-14-7-6-10(17)8-13(14)18/h2-9,15H,19H2,1H3. The van der Waals surface area contributed by atoms with Crippen LogP contribution in [-0.4, -0.2) is 6.04 Å². The van der Waals surface area contributed by atoms with E-state index in [1.807, 2.05) is 0 Å². The molecule has 0 aliphatic heterocycles. The summed E-state index contributed by atoms with van der Waals surface area (Å²) in [4.78, 5) is 0. The quantitative estimate of drug-likeness (QED) is 0.922. The molecule has 0 bridgehead atoms. The highest BCUT2D eigenvalue weighted by Gasteiger charge is 2.22. The minimum absolute atomic E-state index is 0.0615. The van der Waals surface area contributed by atoms with E-state index >= 15 is 0 Å². The molecule has 2 N–H and O–H groups in total. The van der Waals surface area contributed by atoms with E-state index in [-0.39, 0.29) is 5.75 Å². The Balaban J connectivity index is 2.33. The zero-order valence-corrected chi connectivity index (χ0v) is 11.6. The van der Waals surface area contributed by atoms with Gasteiger partial charge in [-0.1, -0.05) is 29.8 Å². The molecular formula is C15H14ClF2NO. The Morgan fingerprint density at radius 2 is 1.85 bits per heavy atom. The number of nitrogens with two attached hydrogens (primary N) is 1. The lowest BCUT2D eigenvalue weighted by atomic mass is 10.0. The van der Waals surface area contributed by atoms with Crippen molar-refractivity contribution in [1.29, 1.82) is 0 Å². The number of benzene rings is 2. The monoisotopic (exact) mass is 297 g/mol. The Bertz CT molecular complexity index is 604. The molecule has 2 unspecified atom stereocenters. The Morgan fingerprint density at radius 1 is 1.15 bits per heavy atom. The molecule has 2 nitrogen and oxygen atoms in total. The smallest absolute Gasteiger partial charge is 0.168 e. The van der Waals surface area contributed by atoms with E-state index < -0.39 is 23.8 Å². The van der Waals surface area contributed by atoms with Crippen LogP contribution in [0.2, 0.25) is 5.02 Å². The van der Waals surface area contributed by atoms with Crippen molar-refractivity contribution in [2.24, 2.45) is 5.73 Å². The summed E-state index contributed by atoms with van der Waals surface area (Å²) in [5.41, 5.74) is 6.55. The van der Waals surface area contributed by atoms with Gasteiger partial charge in [-0.3, -0.25) is 0 Å². The van der Waals surface area contributed by atoms with Crippen LogP contribution in [0.5, 0.6) is 5.75 Å². The summed E-state index contributed by atoms with van der Waals surface area (Å²) in [6.07, 6.45) is -0.622. The fourth-order valence-electron chi connectivity index (χ4n) is 1.87. The van der Waals surface area contributed by atoms with Crippen molar-refractivity contribution in [1.82, 2.24) is 0 Å². The Labute approximate surface area is 121 Å². The summed E-state index contributed by atoms with van der Waals surface area (Å²) < 4.78 is 32.1. The zero-order chi connectivity index (χ0) is 14.7. The number of hydrogen-bond acceptors (Lipinski definition) is 2. The summed E-state index contributed by atoms with van der Waals surface area (Å²) >= 11 is 6.10. The molecule has 106 valence electrons. The van der Waals surface area contributed by atoms with Gasteiger partial charge in [0.25, 0.3) is 0 Å². The van der Waals surface area contributed by atoms with Gasteiger partial charge in [0, 0.05) is 22.7 Å². The third-order valence-electron chi connectivity index (χ3n) is 2.84. The van der Waals surface area contributed by atoms with Crippen LogP contribution >= 0.6 is 11.6 Å². The molecule has 0 heterocycles. The second-order valence-electron chi connectivity index (χ2n) is 4.49. The van der Waals surface area contributed by atoms with Gasteiger partial charge >= 0.3 is 0 Å². The summed E-state index contributed by atoms with van der Waals surface area (Å²) in [5, 5.41) is 0.484. The molecule has 0 aromatic heterocycles.